The van der Waals surface area contributed by atoms with Crippen LogP contribution in [0.4, 0.5) is 0 Å². The summed E-state index contributed by atoms with van der Waals surface area (Å²) in [6.07, 6.45) is 3.50. The fourth-order valence-electron chi connectivity index (χ4n) is 4.19. The van der Waals surface area contributed by atoms with Crippen molar-refractivity contribution in [2.45, 2.75) is 32.2 Å². The van der Waals surface area contributed by atoms with Gasteiger partial charge in [0.05, 0.1) is 33.4 Å². The van der Waals surface area contributed by atoms with Crippen LogP contribution in [0.15, 0.2) is 48.5 Å². The molecule has 0 unspecified atom stereocenters. The zero-order valence-electron chi connectivity index (χ0n) is 17.7. The van der Waals surface area contributed by atoms with Gasteiger partial charge in [0, 0.05) is 5.56 Å². The Labute approximate surface area is 174 Å². The zero-order chi connectivity index (χ0) is 20.6. The molecule has 0 saturated carbocycles. The highest BCUT2D eigenvalue weighted by Crippen LogP contribution is 2.29. The third kappa shape index (κ3) is 5.97. The van der Waals surface area contributed by atoms with E-state index >= 15 is 0 Å². The van der Waals surface area contributed by atoms with Crippen molar-refractivity contribution in [1.29, 1.82) is 0 Å². The number of nitrogens with one attached hydrogen (secondary N) is 2. The topological polar surface area (TPSA) is 52.0 Å². The Bertz CT molecular complexity index is 786. The van der Waals surface area contributed by atoms with Gasteiger partial charge in [0.15, 0.2) is 6.54 Å². The van der Waals surface area contributed by atoms with Gasteiger partial charge in [0.1, 0.15) is 11.5 Å². The second kappa shape index (κ2) is 10.3. The Balaban J connectivity index is 1.48. The molecule has 0 aromatic heterocycles. The summed E-state index contributed by atoms with van der Waals surface area (Å²) >= 11 is 0. The number of quaternary nitrogens is 1. The summed E-state index contributed by atoms with van der Waals surface area (Å²) in [6, 6.07) is 16.2. The van der Waals surface area contributed by atoms with Gasteiger partial charge in [-0.3, -0.25) is 4.79 Å². The first-order valence-electron chi connectivity index (χ1n) is 10.5. The average molecular weight is 398 g/mol. The number of likely N-dealkylation sites (tertiary alicyclic amines) is 1. The number of rotatable bonds is 8. The Morgan fingerprint density at radius 1 is 1.10 bits per heavy atom. The maximum Gasteiger partial charge on any atom is 0.275 e. The van der Waals surface area contributed by atoms with Gasteiger partial charge < -0.3 is 19.7 Å². The molecule has 0 bridgehead atoms. The fraction of sp³-hybridized carbons (Fsp3) is 0.458. The van der Waals surface area contributed by atoms with Crippen molar-refractivity contribution in [2.75, 3.05) is 33.9 Å². The van der Waals surface area contributed by atoms with Crippen LogP contribution in [-0.4, -0.2) is 39.8 Å². The maximum absolute atomic E-state index is 12.6. The van der Waals surface area contributed by atoms with Crippen molar-refractivity contribution in [3.05, 3.63) is 59.7 Å². The van der Waals surface area contributed by atoms with Crippen LogP contribution in [0.5, 0.6) is 11.5 Å². The standard InChI is InChI=1S/C24H32N2O3/c1-18(22-16-21(28-2)9-10-23(22)29-3)25-24(27)17-26-13-11-20(12-14-26)15-19-7-5-4-6-8-19/h4-10,16,18,20H,11-15,17H2,1-3H3,(H,25,27)/p+1/t18-/m1/s1. The molecule has 1 heterocycles. The molecule has 5 heteroatoms. The van der Waals surface area contributed by atoms with E-state index in [0.29, 0.717) is 6.54 Å². The molecule has 2 aromatic rings. The largest absolute Gasteiger partial charge is 0.497 e. The molecule has 156 valence electrons. The van der Waals surface area contributed by atoms with Crippen molar-refractivity contribution in [3.63, 3.8) is 0 Å². The molecular formula is C24H33N2O3+. The van der Waals surface area contributed by atoms with Crippen molar-refractivity contribution < 1.29 is 19.2 Å². The smallest absolute Gasteiger partial charge is 0.275 e. The van der Waals surface area contributed by atoms with E-state index < -0.39 is 0 Å². The minimum atomic E-state index is -0.137. The second-order valence-corrected chi connectivity index (χ2v) is 7.96. The molecule has 5 nitrogen and oxygen atoms in total. The van der Waals surface area contributed by atoms with Gasteiger partial charge in [-0.2, -0.15) is 0 Å². The summed E-state index contributed by atoms with van der Waals surface area (Å²) in [5, 5.41) is 3.13. The predicted molar refractivity (Wildman–Crippen MR) is 115 cm³/mol. The summed E-state index contributed by atoms with van der Waals surface area (Å²) in [7, 11) is 3.28. The van der Waals surface area contributed by atoms with Gasteiger partial charge in [-0.15, -0.1) is 0 Å². The molecule has 1 saturated heterocycles. The minimum absolute atomic E-state index is 0.0823. The first-order chi connectivity index (χ1) is 14.1. The fourth-order valence-corrected chi connectivity index (χ4v) is 4.19. The Kier molecular flexibility index (Phi) is 7.53. The third-order valence-electron chi connectivity index (χ3n) is 5.87. The SMILES string of the molecule is COc1ccc(OC)c([C@@H](C)NC(=O)C[NH+]2CCC(Cc3ccccc3)CC2)c1. The Hall–Kier alpha value is -2.53. The molecule has 2 aromatic carbocycles. The van der Waals surface area contributed by atoms with Crippen molar-refractivity contribution in [3.8, 4) is 11.5 Å². The van der Waals surface area contributed by atoms with E-state index in [2.05, 4.69) is 35.6 Å². The van der Waals surface area contributed by atoms with E-state index in [1.54, 1.807) is 14.2 Å². The average Bonchev–Trinajstić information content (AvgIpc) is 2.75. The van der Waals surface area contributed by atoms with E-state index in [-0.39, 0.29) is 11.9 Å². The lowest BCUT2D eigenvalue weighted by atomic mass is 9.90. The van der Waals surface area contributed by atoms with Crippen molar-refractivity contribution >= 4 is 5.91 Å². The molecule has 0 radical (unpaired) electrons. The summed E-state index contributed by atoms with van der Waals surface area (Å²) in [5.74, 6) is 2.32. The van der Waals surface area contributed by atoms with Crippen LogP contribution < -0.4 is 19.7 Å². The second-order valence-electron chi connectivity index (χ2n) is 7.96. The van der Waals surface area contributed by atoms with Gasteiger partial charge >= 0.3 is 0 Å². The molecule has 2 N–H and O–H groups in total. The lowest BCUT2D eigenvalue weighted by Gasteiger charge is -2.29. The number of carbonyl (C=O) groups excluding carboxylic acids is 1. The van der Waals surface area contributed by atoms with Crippen LogP contribution >= 0.6 is 0 Å². The molecule has 0 spiro atoms. The minimum Gasteiger partial charge on any atom is -0.497 e. The molecule has 1 aliphatic rings. The van der Waals surface area contributed by atoms with Gasteiger partial charge in [-0.25, -0.2) is 0 Å². The quantitative estimate of drug-likeness (QED) is 0.719. The van der Waals surface area contributed by atoms with E-state index in [0.717, 1.165) is 42.5 Å². The highest BCUT2D eigenvalue weighted by molar-refractivity contribution is 5.77. The third-order valence-corrected chi connectivity index (χ3v) is 5.87. The van der Waals surface area contributed by atoms with Crippen LogP contribution in [0.3, 0.4) is 0 Å². The van der Waals surface area contributed by atoms with Crippen LogP contribution in [0.2, 0.25) is 0 Å². The number of amides is 1. The molecule has 1 amide bonds. The number of ether oxygens (including phenoxy) is 2. The number of benzene rings is 2. The van der Waals surface area contributed by atoms with E-state index in [1.165, 1.54) is 23.3 Å². The molecular weight excluding hydrogens is 364 g/mol. The normalized spacial score (nSPS) is 20.0. The van der Waals surface area contributed by atoms with Gasteiger partial charge in [-0.05, 0) is 55.9 Å². The van der Waals surface area contributed by atoms with E-state index in [1.807, 2.05) is 25.1 Å². The van der Waals surface area contributed by atoms with E-state index in [9.17, 15) is 4.79 Å². The molecule has 1 atom stereocenters. The number of piperidine rings is 1. The highest BCUT2D eigenvalue weighted by Gasteiger charge is 2.25. The van der Waals surface area contributed by atoms with Crippen LogP contribution in [0.1, 0.15) is 36.9 Å². The number of carbonyl (C=O) groups is 1. The maximum atomic E-state index is 12.6. The molecule has 1 aliphatic heterocycles. The van der Waals surface area contributed by atoms with E-state index in [4.69, 9.17) is 9.47 Å². The molecule has 29 heavy (non-hydrogen) atoms. The van der Waals surface area contributed by atoms with Crippen LogP contribution in [0, 0.1) is 5.92 Å². The lowest BCUT2D eigenvalue weighted by Crippen LogP contribution is -3.14. The van der Waals surface area contributed by atoms with Gasteiger partial charge in [0.25, 0.3) is 5.91 Å². The number of methoxy groups -OCH3 is 2. The molecule has 3 rings (SSSR count). The summed E-state index contributed by atoms with van der Waals surface area (Å²) in [4.78, 5) is 14.0. The first kappa shape index (κ1) is 21.2. The zero-order valence-corrected chi connectivity index (χ0v) is 17.7. The first-order valence-corrected chi connectivity index (χ1v) is 10.5. The van der Waals surface area contributed by atoms with Crippen molar-refractivity contribution in [1.82, 2.24) is 5.32 Å². The van der Waals surface area contributed by atoms with Crippen LogP contribution in [0.25, 0.3) is 0 Å². The lowest BCUT2D eigenvalue weighted by molar-refractivity contribution is -0.898. The predicted octanol–water partition coefficient (Wildman–Crippen LogP) is 2.42. The highest BCUT2D eigenvalue weighted by atomic mass is 16.5. The Morgan fingerprint density at radius 3 is 2.48 bits per heavy atom. The monoisotopic (exact) mass is 397 g/mol. The summed E-state index contributed by atoms with van der Waals surface area (Å²) in [5.41, 5.74) is 2.34. The summed E-state index contributed by atoms with van der Waals surface area (Å²) < 4.78 is 10.8. The molecule has 1 fully saturated rings. The van der Waals surface area contributed by atoms with Gasteiger partial charge in [0.2, 0.25) is 0 Å². The summed E-state index contributed by atoms with van der Waals surface area (Å²) in [6.45, 7) is 4.62. The van der Waals surface area contributed by atoms with Crippen LogP contribution in [-0.2, 0) is 11.2 Å². The Morgan fingerprint density at radius 2 is 1.83 bits per heavy atom. The molecule has 0 aliphatic carbocycles. The number of hydrogen-bond donors (Lipinski definition) is 2. The van der Waals surface area contributed by atoms with Crippen molar-refractivity contribution in [2.24, 2.45) is 5.92 Å². The number of hydrogen-bond acceptors (Lipinski definition) is 3. The van der Waals surface area contributed by atoms with Gasteiger partial charge in [-0.1, -0.05) is 30.3 Å².